The second-order valence-corrected chi connectivity index (χ2v) is 3.62. The fourth-order valence-corrected chi connectivity index (χ4v) is 1.12. The van der Waals surface area contributed by atoms with Crippen LogP contribution in [0.5, 0.6) is 0 Å². The van der Waals surface area contributed by atoms with Gasteiger partial charge in [0.1, 0.15) is 6.54 Å². The van der Waals surface area contributed by atoms with Crippen LogP contribution >= 0.6 is 11.8 Å². The van der Waals surface area contributed by atoms with Gasteiger partial charge in [0.15, 0.2) is 5.17 Å². The molecule has 1 amide bonds. The predicted molar refractivity (Wildman–Crippen MR) is 49.6 cm³/mol. The summed E-state index contributed by atoms with van der Waals surface area (Å²) in [5.41, 5.74) is 5.04. The standard InChI is InChI=1S/C6H11N3O3S/c1-3(13-6(7)8)5(12)9-2-4(10)11/h3H,2H2,1H3,(H3,7,8)(H,9,12)(H,10,11). The molecular formula is C6H11N3O3S. The third kappa shape index (κ3) is 5.97. The SMILES string of the molecule is CC(SC(=N)N)C(=O)NCC(=O)O. The Bertz CT molecular complexity index is 231. The number of carboxylic acid groups (broad SMARTS) is 1. The zero-order chi connectivity index (χ0) is 10.4. The Morgan fingerprint density at radius 2 is 2.23 bits per heavy atom. The third-order valence-electron chi connectivity index (χ3n) is 1.09. The summed E-state index contributed by atoms with van der Waals surface area (Å²) in [4.78, 5) is 21.1. The van der Waals surface area contributed by atoms with Crippen LogP contribution in [0.4, 0.5) is 0 Å². The number of hydrogen-bond donors (Lipinski definition) is 4. The lowest BCUT2D eigenvalue weighted by Gasteiger charge is -2.08. The van der Waals surface area contributed by atoms with Gasteiger partial charge in [0.2, 0.25) is 5.91 Å². The molecule has 0 aromatic heterocycles. The van der Waals surface area contributed by atoms with E-state index in [1.54, 1.807) is 6.92 Å². The number of thioether (sulfide) groups is 1. The summed E-state index contributed by atoms with van der Waals surface area (Å²) in [6, 6.07) is 0. The minimum atomic E-state index is -1.10. The Morgan fingerprint density at radius 1 is 1.69 bits per heavy atom. The van der Waals surface area contributed by atoms with Crippen molar-refractivity contribution < 1.29 is 14.7 Å². The van der Waals surface area contributed by atoms with Gasteiger partial charge in [-0.3, -0.25) is 15.0 Å². The van der Waals surface area contributed by atoms with Gasteiger partial charge in [-0.05, 0) is 6.92 Å². The number of amides is 1. The summed E-state index contributed by atoms with van der Waals surface area (Å²) in [6.45, 7) is 1.13. The average molecular weight is 205 g/mol. The molecule has 0 fully saturated rings. The molecule has 0 bridgehead atoms. The highest BCUT2D eigenvalue weighted by Gasteiger charge is 2.14. The molecule has 1 unspecified atom stereocenters. The lowest BCUT2D eigenvalue weighted by atomic mass is 10.4. The topological polar surface area (TPSA) is 116 Å². The van der Waals surface area contributed by atoms with E-state index in [-0.39, 0.29) is 5.17 Å². The molecule has 0 radical (unpaired) electrons. The molecule has 0 aliphatic rings. The summed E-state index contributed by atoms with van der Waals surface area (Å²) < 4.78 is 0. The molecule has 5 N–H and O–H groups in total. The molecule has 7 heteroatoms. The first kappa shape index (κ1) is 11.8. The first-order chi connectivity index (χ1) is 5.93. The molecule has 0 heterocycles. The van der Waals surface area contributed by atoms with E-state index in [2.05, 4.69) is 5.32 Å². The molecule has 0 aliphatic carbocycles. The van der Waals surface area contributed by atoms with Crippen molar-refractivity contribution in [3.8, 4) is 0 Å². The zero-order valence-electron chi connectivity index (χ0n) is 7.03. The van der Waals surface area contributed by atoms with Crippen molar-refractivity contribution in [3.05, 3.63) is 0 Å². The molecule has 0 aromatic carbocycles. The number of carbonyl (C=O) groups excluding carboxylic acids is 1. The number of carboxylic acids is 1. The maximum absolute atomic E-state index is 11.0. The fraction of sp³-hybridized carbons (Fsp3) is 0.500. The second kappa shape index (κ2) is 5.41. The molecule has 0 saturated carbocycles. The number of amidine groups is 1. The minimum Gasteiger partial charge on any atom is -0.480 e. The quantitative estimate of drug-likeness (QED) is 0.354. The van der Waals surface area contributed by atoms with Crippen molar-refractivity contribution in [1.82, 2.24) is 5.32 Å². The van der Waals surface area contributed by atoms with Gasteiger partial charge in [-0.15, -0.1) is 0 Å². The van der Waals surface area contributed by atoms with Crippen LogP contribution < -0.4 is 11.1 Å². The lowest BCUT2D eigenvalue weighted by molar-refractivity contribution is -0.137. The number of nitrogens with two attached hydrogens (primary N) is 1. The van der Waals surface area contributed by atoms with Crippen LogP contribution in [0, 0.1) is 5.41 Å². The second-order valence-electron chi connectivity index (χ2n) is 2.24. The van der Waals surface area contributed by atoms with Gasteiger partial charge in [0, 0.05) is 0 Å². The Hall–Kier alpha value is -1.24. The van der Waals surface area contributed by atoms with Crippen molar-refractivity contribution >= 4 is 28.8 Å². The molecule has 0 spiro atoms. The molecule has 0 aromatic rings. The fourth-order valence-electron chi connectivity index (χ4n) is 0.550. The zero-order valence-corrected chi connectivity index (χ0v) is 7.85. The molecule has 6 nitrogen and oxygen atoms in total. The first-order valence-corrected chi connectivity index (χ1v) is 4.31. The highest BCUT2D eigenvalue weighted by atomic mass is 32.2. The highest BCUT2D eigenvalue weighted by Crippen LogP contribution is 2.08. The van der Waals surface area contributed by atoms with Gasteiger partial charge >= 0.3 is 5.97 Å². The van der Waals surface area contributed by atoms with Crippen LogP contribution in [-0.2, 0) is 9.59 Å². The predicted octanol–water partition coefficient (Wildman–Crippen LogP) is -0.798. The number of nitrogens with one attached hydrogen (secondary N) is 2. The number of aliphatic carboxylic acids is 1. The van der Waals surface area contributed by atoms with E-state index >= 15 is 0 Å². The molecule has 13 heavy (non-hydrogen) atoms. The maximum atomic E-state index is 11.0. The van der Waals surface area contributed by atoms with E-state index in [1.807, 2.05) is 0 Å². The Morgan fingerprint density at radius 3 is 2.62 bits per heavy atom. The van der Waals surface area contributed by atoms with Crippen LogP contribution in [0.3, 0.4) is 0 Å². The largest absolute Gasteiger partial charge is 0.480 e. The molecule has 74 valence electrons. The maximum Gasteiger partial charge on any atom is 0.322 e. The third-order valence-corrected chi connectivity index (χ3v) is 1.91. The smallest absolute Gasteiger partial charge is 0.322 e. The van der Waals surface area contributed by atoms with Crippen LogP contribution in [0.15, 0.2) is 0 Å². The van der Waals surface area contributed by atoms with Crippen molar-refractivity contribution in [3.63, 3.8) is 0 Å². The Labute approximate surface area is 79.4 Å². The van der Waals surface area contributed by atoms with Gasteiger partial charge in [0.25, 0.3) is 0 Å². The van der Waals surface area contributed by atoms with Gasteiger partial charge < -0.3 is 16.2 Å². The number of rotatable bonds is 4. The molecule has 0 saturated heterocycles. The lowest BCUT2D eigenvalue weighted by Crippen LogP contribution is -2.35. The van der Waals surface area contributed by atoms with Crippen LogP contribution in [0.25, 0.3) is 0 Å². The molecule has 0 aliphatic heterocycles. The highest BCUT2D eigenvalue weighted by molar-refractivity contribution is 8.14. The van der Waals surface area contributed by atoms with Gasteiger partial charge in [0.05, 0.1) is 5.25 Å². The number of carbonyl (C=O) groups is 2. The van der Waals surface area contributed by atoms with E-state index in [1.165, 1.54) is 0 Å². The van der Waals surface area contributed by atoms with E-state index in [4.69, 9.17) is 16.2 Å². The van der Waals surface area contributed by atoms with Gasteiger partial charge in [-0.1, -0.05) is 11.8 Å². The van der Waals surface area contributed by atoms with Crippen molar-refractivity contribution in [2.75, 3.05) is 6.54 Å². The Balaban J connectivity index is 3.82. The van der Waals surface area contributed by atoms with Crippen molar-refractivity contribution in [2.45, 2.75) is 12.2 Å². The summed E-state index contributed by atoms with van der Waals surface area (Å²) >= 11 is 0.870. The van der Waals surface area contributed by atoms with Crippen LogP contribution in [-0.4, -0.2) is 33.9 Å². The monoisotopic (exact) mass is 205 g/mol. The minimum absolute atomic E-state index is 0.169. The summed E-state index contributed by atoms with van der Waals surface area (Å²) in [5.74, 6) is -1.55. The summed E-state index contributed by atoms with van der Waals surface area (Å²) in [5, 5.41) is 16.6. The average Bonchev–Trinajstić information content (AvgIpc) is 1.98. The summed E-state index contributed by atoms with van der Waals surface area (Å²) in [7, 11) is 0. The van der Waals surface area contributed by atoms with E-state index in [9.17, 15) is 9.59 Å². The van der Waals surface area contributed by atoms with Crippen LogP contribution in [0.1, 0.15) is 6.92 Å². The molecule has 0 rings (SSSR count). The van der Waals surface area contributed by atoms with E-state index in [0.717, 1.165) is 11.8 Å². The summed E-state index contributed by atoms with van der Waals surface area (Å²) in [6.07, 6.45) is 0. The normalized spacial score (nSPS) is 11.8. The van der Waals surface area contributed by atoms with Gasteiger partial charge in [-0.25, -0.2) is 0 Å². The number of hydrogen-bond acceptors (Lipinski definition) is 4. The molecular weight excluding hydrogens is 194 g/mol. The first-order valence-electron chi connectivity index (χ1n) is 3.43. The van der Waals surface area contributed by atoms with Crippen LogP contribution in [0.2, 0.25) is 0 Å². The molecule has 1 atom stereocenters. The van der Waals surface area contributed by atoms with E-state index in [0.29, 0.717) is 0 Å². The van der Waals surface area contributed by atoms with Crippen molar-refractivity contribution in [1.29, 1.82) is 5.41 Å². The van der Waals surface area contributed by atoms with Gasteiger partial charge in [-0.2, -0.15) is 0 Å². The van der Waals surface area contributed by atoms with E-state index < -0.39 is 23.7 Å². The Kier molecular flexibility index (Phi) is 4.90. The van der Waals surface area contributed by atoms with Crippen molar-refractivity contribution in [2.24, 2.45) is 5.73 Å².